The maximum atomic E-state index is 11.9. The molecule has 1 saturated heterocycles. The SMILES string of the molecule is CC(C)CC1(CNC2CN(C(=O)OC(C)(C)C)C2)CCCC1. The van der Waals surface area contributed by atoms with Gasteiger partial charge in [0.15, 0.2) is 0 Å². The molecule has 0 bridgehead atoms. The summed E-state index contributed by atoms with van der Waals surface area (Å²) < 4.78 is 5.40. The Morgan fingerprint density at radius 2 is 1.86 bits per heavy atom. The van der Waals surface area contributed by atoms with Gasteiger partial charge in [-0.25, -0.2) is 4.79 Å². The molecule has 0 radical (unpaired) electrons. The number of rotatable bonds is 5. The van der Waals surface area contributed by atoms with Gasteiger partial charge in [-0.3, -0.25) is 0 Å². The van der Waals surface area contributed by atoms with Crippen LogP contribution in [-0.2, 0) is 4.74 Å². The van der Waals surface area contributed by atoms with E-state index in [0.717, 1.165) is 25.6 Å². The number of ether oxygens (including phenoxy) is 1. The fraction of sp³-hybridized carbons (Fsp3) is 0.944. The van der Waals surface area contributed by atoms with Crippen molar-refractivity contribution in [2.75, 3.05) is 19.6 Å². The van der Waals surface area contributed by atoms with Gasteiger partial charge >= 0.3 is 6.09 Å². The van der Waals surface area contributed by atoms with Crippen LogP contribution in [0.2, 0.25) is 0 Å². The topological polar surface area (TPSA) is 41.6 Å². The monoisotopic (exact) mass is 310 g/mol. The third-order valence-electron chi connectivity index (χ3n) is 4.80. The van der Waals surface area contributed by atoms with E-state index in [9.17, 15) is 4.79 Å². The van der Waals surface area contributed by atoms with Gasteiger partial charge in [0, 0.05) is 25.7 Å². The Bertz CT molecular complexity index is 375. The number of carbonyl (C=O) groups is 1. The Labute approximate surface area is 136 Å². The highest BCUT2D eigenvalue weighted by atomic mass is 16.6. The minimum absolute atomic E-state index is 0.177. The van der Waals surface area contributed by atoms with Crippen molar-refractivity contribution in [1.29, 1.82) is 0 Å². The van der Waals surface area contributed by atoms with Crippen molar-refractivity contribution in [3.05, 3.63) is 0 Å². The lowest BCUT2D eigenvalue weighted by Crippen LogP contribution is -2.61. The van der Waals surface area contributed by atoms with Crippen LogP contribution in [0.15, 0.2) is 0 Å². The number of hydrogen-bond acceptors (Lipinski definition) is 3. The summed E-state index contributed by atoms with van der Waals surface area (Å²) in [6.45, 7) is 13.1. The van der Waals surface area contributed by atoms with Gasteiger partial charge in [0.1, 0.15) is 5.60 Å². The largest absolute Gasteiger partial charge is 0.444 e. The van der Waals surface area contributed by atoms with E-state index >= 15 is 0 Å². The lowest BCUT2D eigenvalue weighted by molar-refractivity contribution is 0.00403. The van der Waals surface area contributed by atoms with Gasteiger partial charge in [0.25, 0.3) is 0 Å². The third-order valence-corrected chi connectivity index (χ3v) is 4.80. The maximum absolute atomic E-state index is 11.9. The normalized spacial score (nSPS) is 22.0. The summed E-state index contributed by atoms with van der Waals surface area (Å²) in [6.07, 6.45) is 6.62. The minimum atomic E-state index is -0.402. The van der Waals surface area contributed by atoms with E-state index in [-0.39, 0.29) is 6.09 Å². The molecule has 2 fully saturated rings. The van der Waals surface area contributed by atoms with Crippen molar-refractivity contribution >= 4 is 6.09 Å². The van der Waals surface area contributed by atoms with Crippen molar-refractivity contribution in [1.82, 2.24) is 10.2 Å². The molecule has 1 aliphatic carbocycles. The first-order valence-electron chi connectivity index (χ1n) is 8.90. The van der Waals surface area contributed by atoms with Crippen LogP contribution >= 0.6 is 0 Å². The summed E-state index contributed by atoms with van der Waals surface area (Å²) >= 11 is 0. The molecule has 1 aliphatic heterocycles. The number of carbonyl (C=O) groups excluding carboxylic acids is 1. The summed E-state index contributed by atoms with van der Waals surface area (Å²) in [5, 5.41) is 3.71. The second-order valence-electron chi connectivity index (χ2n) is 8.77. The zero-order chi connectivity index (χ0) is 16.4. The predicted molar refractivity (Wildman–Crippen MR) is 90.0 cm³/mol. The average molecular weight is 310 g/mol. The van der Waals surface area contributed by atoms with Gasteiger partial charge in [0.05, 0.1) is 0 Å². The molecule has 128 valence electrons. The number of hydrogen-bond donors (Lipinski definition) is 1. The lowest BCUT2D eigenvalue weighted by Gasteiger charge is -2.42. The molecule has 2 rings (SSSR count). The van der Waals surface area contributed by atoms with Crippen LogP contribution < -0.4 is 5.32 Å². The molecule has 0 aromatic carbocycles. The molecule has 1 N–H and O–H groups in total. The van der Waals surface area contributed by atoms with Crippen LogP contribution in [0, 0.1) is 11.3 Å². The van der Waals surface area contributed by atoms with E-state index in [0.29, 0.717) is 11.5 Å². The molecule has 0 unspecified atom stereocenters. The third kappa shape index (κ3) is 4.87. The zero-order valence-corrected chi connectivity index (χ0v) is 15.1. The fourth-order valence-electron chi connectivity index (χ4n) is 3.89. The highest BCUT2D eigenvalue weighted by Crippen LogP contribution is 2.42. The molecule has 1 heterocycles. The number of nitrogens with one attached hydrogen (secondary N) is 1. The molecule has 2 aliphatic rings. The van der Waals surface area contributed by atoms with Crippen LogP contribution in [-0.4, -0.2) is 42.3 Å². The molecule has 1 saturated carbocycles. The van der Waals surface area contributed by atoms with Crippen LogP contribution in [0.25, 0.3) is 0 Å². The first kappa shape index (κ1) is 17.6. The molecule has 0 spiro atoms. The summed E-state index contributed by atoms with van der Waals surface area (Å²) in [5.74, 6) is 0.763. The Hall–Kier alpha value is -0.770. The fourth-order valence-corrected chi connectivity index (χ4v) is 3.89. The van der Waals surface area contributed by atoms with E-state index in [4.69, 9.17) is 4.74 Å². The van der Waals surface area contributed by atoms with Crippen LogP contribution in [0.5, 0.6) is 0 Å². The van der Waals surface area contributed by atoms with Crippen LogP contribution in [0.4, 0.5) is 4.79 Å². The molecule has 4 heteroatoms. The van der Waals surface area contributed by atoms with Crippen molar-refractivity contribution < 1.29 is 9.53 Å². The van der Waals surface area contributed by atoms with Crippen molar-refractivity contribution in [3.8, 4) is 0 Å². The van der Waals surface area contributed by atoms with E-state index in [1.165, 1.54) is 32.1 Å². The Morgan fingerprint density at radius 1 is 1.27 bits per heavy atom. The molecule has 22 heavy (non-hydrogen) atoms. The number of likely N-dealkylation sites (tertiary alicyclic amines) is 1. The molecular weight excluding hydrogens is 276 g/mol. The van der Waals surface area contributed by atoms with Crippen molar-refractivity contribution in [2.45, 2.75) is 78.4 Å². The van der Waals surface area contributed by atoms with Crippen LogP contribution in [0.1, 0.15) is 66.7 Å². The van der Waals surface area contributed by atoms with Gasteiger partial charge < -0.3 is 15.0 Å². The quantitative estimate of drug-likeness (QED) is 0.839. The minimum Gasteiger partial charge on any atom is -0.444 e. The number of amides is 1. The summed E-state index contributed by atoms with van der Waals surface area (Å²) in [7, 11) is 0. The number of nitrogens with zero attached hydrogens (tertiary/aromatic N) is 1. The highest BCUT2D eigenvalue weighted by Gasteiger charge is 2.38. The average Bonchev–Trinajstić information content (AvgIpc) is 2.72. The van der Waals surface area contributed by atoms with E-state index in [1.54, 1.807) is 4.90 Å². The standard InChI is InChI=1S/C18H34N2O2/c1-14(2)10-18(8-6-7-9-18)13-19-15-11-20(12-15)16(21)22-17(3,4)5/h14-15,19H,6-13H2,1-5H3. The first-order valence-corrected chi connectivity index (χ1v) is 8.90. The molecule has 1 amide bonds. The van der Waals surface area contributed by atoms with Gasteiger partial charge in [-0.2, -0.15) is 0 Å². The second-order valence-corrected chi connectivity index (χ2v) is 8.77. The molecule has 0 aromatic heterocycles. The summed E-state index contributed by atoms with van der Waals surface area (Å²) in [6, 6.07) is 0.442. The molecule has 0 atom stereocenters. The molecule has 0 aromatic rings. The van der Waals surface area contributed by atoms with E-state index in [2.05, 4.69) is 19.2 Å². The maximum Gasteiger partial charge on any atom is 0.410 e. The van der Waals surface area contributed by atoms with Crippen molar-refractivity contribution in [3.63, 3.8) is 0 Å². The van der Waals surface area contributed by atoms with Crippen LogP contribution in [0.3, 0.4) is 0 Å². The Morgan fingerprint density at radius 3 is 2.36 bits per heavy atom. The summed E-state index contributed by atoms with van der Waals surface area (Å²) in [4.78, 5) is 13.7. The Kier molecular flexibility index (Phi) is 5.41. The highest BCUT2D eigenvalue weighted by molar-refractivity contribution is 5.69. The van der Waals surface area contributed by atoms with Gasteiger partial charge in [0.2, 0.25) is 0 Å². The van der Waals surface area contributed by atoms with Crippen molar-refractivity contribution in [2.24, 2.45) is 11.3 Å². The molecule has 4 nitrogen and oxygen atoms in total. The zero-order valence-electron chi connectivity index (χ0n) is 15.1. The lowest BCUT2D eigenvalue weighted by atomic mass is 9.78. The Balaban J connectivity index is 1.72. The molecular formula is C18H34N2O2. The van der Waals surface area contributed by atoms with E-state index < -0.39 is 5.60 Å². The van der Waals surface area contributed by atoms with E-state index in [1.807, 2.05) is 20.8 Å². The van der Waals surface area contributed by atoms with Gasteiger partial charge in [-0.05, 0) is 51.4 Å². The predicted octanol–water partition coefficient (Wildman–Crippen LogP) is 3.80. The van der Waals surface area contributed by atoms with Gasteiger partial charge in [-0.1, -0.05) is 26.7 Å². The van der Waals surface area contributed by atoms with Gasteiger partial charge in [-0.15, -0.1) is 0 Å². The first-order chi connectivity index (χ1) is 10.2. The second kappa shape index (κ2) is 6.77. The smallest absolute Gasteiger partial charge is 0.410 e. The summed E-state index contributed by atoms with van der Waals surface area (Å²) in [5.41, 5.74) is 0.0985.